The second-order valence-electron chi connectivity index (χ2n) is 4.61. The maximum Gasteiger partial charge on any atom is 0.163 e. The highest BCUT2D eigenvalue weighted by Gasteiger charge is 2.31. The molecule has 3 heteroatoms. The summed E-state index contributed by atoms with van der Waals surface area (Å²) in [5.41, 5.74) is 8.43. The van der Waals surface area contributed by atoms with Gasteiger partial charge < -0.3 is 10.8 Å². The first kappa shape index (κ1) is 12.7. The summed E-state index contributed by atoms with van der Waals surface area (Å²) in [6.45, 7) is 4.35. The Balaban J connectivity index is 0.000000606. The molecular formula is C13H19NO2. The number of nitrogens with two attached hydrogens (primary N) is 1. The minimum atomic E-state index is 0.108. The first-order valence-electron chi connectivity index (χ1n) is 5.39. The van der Waals surface area contributed by atoms with Crippen LogP contribution in [-0.4, -0.2) is 18.0 Å². The van der Waals surface area contributed by atoms with Gasteiger partial charge in [-0.1, -0.05) is 19.9 Å². The molecule has 0 fully saturated rings. The Kier molecular flexibility index (Phi) is 3.70. The van der Waals surface area contributed by atoms with Crippen LogP contribution in [-0.2, 0) is 5.41 Å². The molecule has 0 bridgehead atoms. The highest BCUT2D eigenvalue weighted by atomic mass is 16.2. The summed E-state index contributed by atoms with van der Waals surface area (Å²) in [5.74, 6) is 0.228. The molecule has 0 atom stereocenters. The molecule has 0 aliphatic heterocycles. The summed E-state index contributed by atoms with van der Waals surface area (Å²) in [5, 5.41) is 7.00. The minimum absolute atomic E-state index is 0.108. The monoisotopic (exact) mass is 221 g/mol. The second-order valence-corrected chi connectivity index (χ2v) is 4.61. The van der Waals surface area contributed by atoms with Crippen molar-refractivity contribution in [3.63, 3.8) is 0 Å². The quantitative estimate of drug-likeness (QED) is 0.660. The Morgan fingerprint density at radius 3 is 2.56 bits per heavy atom. The fourth-order valence-electron chi connectivity index (χ4n) is 2.08. The molecule has 1 aromatic rings. The fourth-order valence-corrected chi connectivity index (χ4v) is 2.08. The summed E-state index contributed by atoms with van der Waals surface area (Å²) in [6, 6.07) is 5.67. The van der Waals surface area contributed by atoms with Crippen molar-refractivity contribution in [3.05, 3.63) is 29.3 Å². The van der Waals surface area contributed by atoms with E-state index in [4.69, 9.17) is 10.8 Å². The van der Waals surface area contributed by atoms with Gasteiger partial charge in [-0.05, 0) is 29.5 Å². The number of carbonyl (C=O) groups is 1. The fraction of sp³-hybridized carbons (Fsp3) is 0.462. The molecule has 88 valence electrons. The van der Waals surface area contributed by atoms with E-state index in [9.17, 15) is 4.79 Å². The lowest BCUT2D eigenvalue weighted by molar-refractivity contribution is 0.0957. The number of nitrogen functional groups attached to an aromatic ring is 1. The predicted octanol–water partition coefficient (Wildman–Crippen LogP) is 2.13. The highest BCUT2D eigenvalue weighted by Crippen LogP contribution is 2.37. The first-order chi connectivity index (χ1) is 7.50. The van der Waals surface area contributed by atoms with Crippen molar-refractivity contribution in [2.24, 2.45) is 0 Å². The number of fused-ring (bicyclic) bond motifs is 1. The van der Waals surface area contributed by atoms with Gasteiger partial charge in [0.25, 0.3) is 0 Å². The molecule has 3 nitrogen and oxygen atoms in total. The van der Waals surface area contributed by atoms with Crippen molar-refractivity contribution in [2.45, 2.75) is 32.1 Å². The molecule has 0 amide bonds. The molecule has 2 rings (SSSR count). The average Bonchev–Trinajstić information content (AvgIpc) is 2.27. The van der Waals surface area contributed by atoms with Gasteiger partial charge in [-0.15, -0.1) is 0 Å². The Morgan fingerprint density at radius 2 is 1.94 bits per heavy atom. The van der Waals surface area contributed by atoms with Crippen molar-refractivity contribution in [1.82, 2.24) is 0 Å². The van der Waals surface area contributed by atoms with Crippen LogP contribution in [0.4, 0.5) is 5.69 Å². The van der Waals surface area contributed by atoms with Crippen molar-refractivity contribution in [3.8, 4) is 0 Å². The number of hydrogen-bond donors (Lipinski definition) is 2. The van der Waals surface area contributed by atoms with Crippen LogP contribution in [0.25, 0.3) is 0 Å². The zero-order chi connectivity index (χ0) is 12.3. The Hall–Kier alpha value is -1.35. The van der Waals surface area contributed by atoms with Gasteiger partial charge in [0.15, 0.2) is 5.78 Å². The topological polar surface area (TPSA) is 63.3 Å². The molecule has 0 aromatic heterocycles. The number of anilines is 1. The summed E-state index contributed by atoms with van der Waals surface area (Å²) in [6.07, 6.45) is 1.58. The third-order valence-corrected chi connectivity index (χ3v) is 3.05. The van der Waals surface area contributed by atoms with E-state index in [0.717, 1.165) is 24.7 Å². The van der Waals surface area contributed by atoms with Crippen LogP contribution in [0, 0.1) is 0 Å². The highest BCUT2D eigenvalue weighted by molar-refractivity contribution is 5.99. The van der Waals surface area contributed by atoms with Gasteiger partial charge in [-0.3, -0.25) is 4.79 Å². The molecule has 1 aliphatic carbocycles. The summed E-state index contributed by atoms with van der Waals surface area (Å²) < 4.78 is 0. The molecule has 3 N–H and O–H groups in total. The number of rotatable bonds is 0. The maximum absolute atomic E-state index is 11.7. The lowest BCUT2D eigenvalue weighted by Gasteiger charge is -2.31. The standard InChI is InChI=1S/C12H15NO.CH4O/c1-12(2)6-5-11(14)9-7-8(13)3-4-10(9)12;1-2/h3-4,7H,5-6,13H2,1-2H3;2H,1H3. The van der Waals surface area contributed by atoms with Crippen LogP contribution in [0.5, 0.6) is 0 Å². The first-order valence-corrected chi connectivity index (χ1v) is 5.39. The molecule has 0 saturated carbocycles. The third kappa shape index (κ3) is 2.25. The van der Waals surface area contributed by atoms with E-state index < -0.39 is 0 Å². The van der Waals surface area contributed by atoms with E-state index in [0.29, 0.717) is 12.1 Å². The van der Waals surface area contributed by atoms with Gasteiger partial charge in [-0.2, -0.15) is 0 Å². The van der Waals surface area contributed by atoms with Crippen LogP contribution in [0.3, 0.4) is 0 Å². The molecule has 0 saturated heterocycles. The van der Waals surface area contributed by atoms with E-state index >= 15 is 0 Å². The summed E-state index contributed by atoms with van der Waals surface area (Å²) in [4.78, 5) is 11.7. The van der Waals surface area contributed by atoms with Gasteiger partial charge >= 0.3 is 0 Å². The number of benzene rings is 1. The maximum atomic E-state index is 11.7. The van der Waals surface area contributed by atoms with Gasteiger partial charge in [0, 0.05) is 24.8 Å². The average molecular weight is 221 g/mol. The number of Topliss-reactive ketones (excluding diaryl/α,β-unsaturated/α-hetero) is 1. The van der Waals surface area contributed by atoms with Crippen molar-refractivity contribution >= 4 is 11.5 Å². The van der Waals surface area contributed by atoms with Crippen molar-refractivity contribution in [2.75, 3.05) is 12.8 Å². The van der Waals surface area contributed by atoms with Crippen LogP contribution >= 0.6 is 0 Å². The molecule has 0 spiro atoms. The molecule has 0 unspecified atom stereocenters. The second kappa shape index (κ2) is 4.66. The van der Waals surface area contributed by atoms with E-state index in [1.54, 1.807) is 6.07 Å². The van der Waals surface area contributed by atoms with Gasteiger partial charge in [0.1, 0.15) is 0 Å². The number of ketones is 1. The Morgan fingerprint density at radius 1 is 1.31 bits per heavy atom. The molecular weight excluding hydrogens is 202 g/mol. The van der Waals surface area contributed by atoms with Gasteiger partial charge in [0.2, 0.25) is 0 Å². The Labute approximate surface area is 96.3 Å². The molecule has 16 heavy (non-hydrogen) atoms. The van der Waals surface area contributed by atoms with Crippen LogP contribution in [0.2, 0.25) is 0 Å². The third-order valence-electron chi connectivity index (χ3n) is 3.05. The van der Waals surface area contributed by atoms with Gasteiger partial charge in [-0.25, -0.2) is 0 Å². The van der Waals surface area contributed by atoms with Crippen LogP contribution in [0.15, 0.2) is 18.2 Å². The van der Waals surface area contributed by atoms with E-state index in [1.807, 2.05) is 12.1 Å². The number of hydrogen-bond acceptors (Lipinski definition) is 3. The van der Waals surface area contributed by atoms with Crippen LogP contribution in [0.1, 0.15) is 42.6 Å². The Bertz CT molecular complexity index is 397. The molecule has 1 aliphatic rings. The van der Waals surface area contributed by atoms with E-state index in [-0.39, 0.29) is 11.2 Å². The summed E-state index contributed by atoms with van der Waals surface area (Å²) in [7, 11) is 1.00. The normalized spacial score (nSPS) is 17.1. The van der Waals surface area contributed by atoms with Gasteiger partial charge in [0.05, 0.1) is 0 Å². The zero-order valence-electron chi connectivity index (χ0n) is 10.1. The van der Waals surface area contributed by atoms with Crippen LogP contribution < -0.4 is 5.73 Å². The SMILES string of the molecule is CC1(C)CCC(=O)c2cc(N)ccc21.CO. The summed E-state index contributed by atoms with van der Waals surface area (Å²) >= 11 is 0. The predicted molar refractivity (Wildman–Crippen MR) is 65.6 cm³/mol. The smallest absolute Gasteiger partial charge is 0.163 e. The minimum Gasteiger partial charge on any atom is -0.400 e. The van der Waals surface area contributed by atoms with E-state index in [2.05, 4.69) is 13.8 Å². The molecule has 0 heterocycles. The number of aliphatic hydroxyl groups is 1. The lowest BCUT2D eigenvalue weighted by Crippen LogP contribution is -2.27. The van der Waals surface area contributed by atoms with Crippen molar-refractivity contribution in [1.29, 1.82) is 0 Å². The number of carbonyl (C=O) groups excluding carboxylic acids is 1. The largest absolute Gasteiger partial charge is 0.400 e. The lowest BCUT2D eigenvalue weighted by atomic mass is 9.72. The zero-order valence-corrected chi connectivity index (χ0v) is 10.1. The number of aliphatic hydroxyl groups excluding tert-OH is 1. The van der Waals surface area contributed by atoms with Crippen molar-refractivity contribution < 1.29 is 9.90 Å². The molecule has 1 aromatic carbocycles. The molecule has 0 radical (unpaired) electrons. The van der Waals surface area contributed by atoms with E-state index in [1.165, 1.54) is 0 Å².